The van der Waals surface area contributed by atoms with Crippen LogP contribution in [0.3, 0.4) is 0 Å². The summed E-state index contributed by atoms with van der Waals surface area (Å²) in [5, 5.41) is 2.73. The van der Waals surface area contributed by atoms with Crippen LogP contribution in [-0.4, -0.2) is 55.8 Å². The first kappa shape index (κ1) is 25.8. The number of aromatic nitrogens is 1. The van der Waals surface area contributed by atoms with E-state index in [1.165, 1.54) is 0 Å². The van der Waals surface area contributed by atoms with Crippen LogP contribution in [-0.2, 0) is 20.7 Å². The van der Waals surface area contributed by atoms with Gasteiger partial charge in [-0.3, -0.25) is 4.79 Å². The van der Waals surface area contributed by atoms with Crippen LogP contribution >= 0.6 is 0 Å². The quantitative estimate of drug-likeness (QED) is 0.468. The second-order valence-corrected chi connectivity index (χ2v) is 7.17. The summed E-state index contributed by atoms with van der Waals surface area (Å²) in [5.74, 6) is -0.302. The largest absolute Gasteiger partial charge is 0.490 e. The first-order valence-corrected chi connectivity index (χ1v) is 11.0. The van der Waals surface area contributed by atoms with Crippen molar-refractivity contribution in [2.24, 2.45) is 0 Å². The minimum absolute atomic E-state index is 0.201. The van der Waals surface area contributed by atoms with Crippen molar-refractivity contribution in [3.05, 3.63) is 46.3 Å². The molecule has 0 aliphatic carbocycles. The molecule has 180 valence electrons. The van der Waals surface area contributed by atoms with E-state index in [0.29, 0.717) is 48.9 Å². The Morgan fingerprint density at radius 2 is 1.61 bits per heavy atom. The maximum atomic E-state index is 12.5. The van der Waals surface area contributed by atoms with Crippen LogP contribution in [0.2, 0.25) is 0 Å². The molecule has 2 N–H and O–H groups in total. The van der Waals surface area contributed by atoms with Gasteiger partial charge in [0.1, 0.15) is 5.69 Å². The Morgan fingerprint density at radius 3 is 2.27 bits per heavy atom. The summed E-state index contributed by atoms with van der Waals surface area (Å²) in [6.07, 6.45) is 0.574. The van der Waals surface area contributed by atoms with Gasteiger partial charge in [-0.25, -0.2) is 9.59 Å². The lowest BCUT2D eigenvalue weighted by Crippen LogP contribution is -2.30. The summed E-state index contributed by atoms with van der Waals surface area (Å²) in [5.41, 5.74) is 2.30. The third-order valence-corrected chi connectivity index (χ3v) is 4.80. The zero-order valence-electron chi connectivity index (χ0n) is 19.8. The smallest absolute Gasteiger partial charge is 0.355 e. The molecule has 0 saturated heterocycles. The van der Waals surface area contributed by atoms with Crippen LogP contribution < -0.4 is 14.8 Å². The van der Waals surface area contributed by atoms with E-state index in [-0.39, 0.29) is 17.9 Å². The fourth-order valence-corrected chi connectivity index (χ4v) is 3.32. The summed E-state index contributed by atoms with van der Waals surface area (Å²) >= 11 is 0. The molecule has 33 heavy (non-hydrogen) atoms. The molecule has 1 heterocycles. The predicted molar refractivity (Wildman–Crippen MR) is 122 cm³/mol. The summed E-state index contributed by atoms with van der Waals surface area (Å²) in [7, 11) is 0. The van der Waals surface area contributed by atoms with Crippen molar-refractivity contribution in [2.45, 2.75) is 41.0 Å². The maximum absolute atomic E-state index is 12.5. The number of benzene rings is 1. The Hall–Kier alpha value is -3.49. The van der Waals surface area contributed by atoms with Gasteiger partial charge in [-0.1, -0.05) is 6.07 Å². The van der Waals surface area contributed by atoms with E-state index in [1.807, 2.05) is 32.0 Å². The van der Waals surface area contributed by atoms with Gasteiger partial charge in [-0.15, -0.1) is 0 Å². The van der Waals surface area contributed by atoms with Crippen molar-refractivity contribution in [3.8, 4) is 11.5 Å². The van der Waals surface area contributed by atoms with Crippen LogP contribution in [0.5, 0.6) is 11.5 Å². The Kier molecular flexibility index (Phi) is 9.78. The van der Waals surface area contributed by atoms with Crippen molar-refractivity contribution in [1.29, 1.82) is 0 Å². The Balaban J connectivity index is 1.87. The number of aromatic amines is 1. The minimum atomic E-state index is -0.681. The number of H-pyrrole nitrogens is 1. The van der Waals surface area contributed by atoms with E-state index in [1.54, 1.807) is 20.8 Å². The molecule has 1 aromatic heterocycles. The Morgan fingerprint density at radius 1 is 0.909 bits per heavy atom. The molecule has 0 aliphatic rings. The summed E-state index contributed by atoms with van der Waals surface area (Å²) in [6, 6.07) is 5.65. The topological polar surface area (TPSA) is 116 Å². The highest BCUT2D eigenvalue weighted by atomic mass is 16.5. The van der Waals surface area contributed by atoms with Gasteiger partial charge in [-0.05, 0) is 64.3 Å². The number of aryl methyl sites for hydroxylation is 1. The van der Waals surface area contributed by atoms with Crippen molar-refractivity contribution in [3.63, 3.8) is 0 Å². The fourth-order valence-electron chi connectivity index (χ4n) is 3.32. The lowest BCUT2D eigenvalue weighted by molar-refractivity contribution is -0.124. The van der Waals surface area contributed by atoms with Gasteiger partial charge >= 0.3 is 11.9 Å². The van der Waals surface area contributed by atoms with Crippen molar-refractivity contribution in [1.82, 2.24) is 10.3 Å². The van der Waals surface area contributed by atoms with Crippen LogP contribution in [0, 0.1) is 13.8 Å². The molecule has 0 unspecified atom stereocenters. The highest BCUT2D eigenvalue weighted by Gasteiger charge is 2.24. The number of hydrogen-bond donors (Lipinski definition) is 2. The maximum Gasteiger partial charge on any atom is 0.355 e. The average Bonchev–Trinajstić information content (AvgIpc) is 3.08. The van der Waals surface area contributed by atoms with Gasteiger partial charge in [0.15, 0.2) is 18.1 Å². The lowest BCUT2D eigenvalue weighted by atomic mass is 10.1. The number of carbonyl (C=O) groups is 3. The van der Waals surface area contributed by atoms with Crippen LogP contribution in [0.1, 0.15) is 58.4 Å². The molecule has 0 spiro atoms. The first-order chi connectivity index (χ1) is 15.8. The summed E-state index contributed by atoms with van der Waals surface area (Å²) in [4.78, 5) is 39.4. The van der Waals surface area contributed by atoms with E-state index in [9.17, 15) is 14.4 Å². The number of rotatable bonds is 12. The Labute approximate surface area is 193 Å². The molecular weight excluding hydrogens is 428 g/mol. The van der Waals surface area contributed by atoms with Gasteiger partial charge in [0.05, 0.1) is 25.4 Å². The van der Waals surface area contributed by atoms with Crippen molar-refractivity contribution in [2.75, 3.05) is 33.0 Å². The number of hydrogen-bond acceptors (Lipinski definition) is 7. The highest BCUT2D eigenvalue weighted by Crippen LogP contribution is 2.28. The number of esters is 2. The molecule has 9 nitrogen and oxygen atoms in total. The minimum Gasteiger partial charge on any atom is -0.490 e. The Bertz CT molecular complexity index is 981. The molecule has 0 fully saturated rings. The van der Waals surface area contributed by atoms with Crippen LogP contribution in [0.15, 0.2) is 18.2 Å². The molecular formula is C24H32N2O7. The second kappa shape index (κ2) is 12.5. The molecule has 2 aromatic rings. The predicted octanol–water partition coefficient (Wildman–Crippen LogP) is 3.12. The molecule has 1 amide bonds. The highest BCUT2D eigenvalue weighted by molar-refractivity contribution is 5.99. The standard InChI is InChI=1S/C24H32N2O7/c1-6-30-18-10-9-17(13-19(18)31-7-2)11-12-25-20(27)14-33-23(28)21-15(4)22(26-16(21)5)24(29)32-8-3/h9-10,13,26H,6-8,11-12,14H2,1-5H3,(H,25,27). The number of carbonyl (C=O) groups excluding carboxylic acids is 3. The molecule has 0 aliphatic heterocycles. The van der Waals surface area contributed by atoms with Crippen molar-refractivity contribution >= 4 is 17.8 Å². The van der Waals surface area contributed by atoms with Gasteiger partial charge in [0.25, 0.3) is 5.91 Å². The zero-order chi connectivity index (χ0) is 24.4. The van der Waals surface area contributed by atoms with Crippen molar-refractivity contribution < 1.29 is 33.3 Å². The van der Waals surface area contributed by atoms with Gasteiger partial charge in [0, 0.05) is 12.2 Å². The summed E-state index contributed by atoms with van der Waals surface area (Å²) in [6.45, 7) is 10.0. The summed E-state index contributed by atoms with van der Waals surface area (Å²) < 4.78 is 21.3. The molecule has 0 atom stereocenters. The molecule has 9 heteroatoms. The molecule has 0 bridgehead atoms. The van der Waals surface area contributed by atoms with E-state index in [4.69, 9.17) is 18.9 Å². The molecule has 2 rings (SSSR count). The fraction of sp³-hybridized carbons (Fsp3) is 0.458. The van der Waals surface area contributed by atoms with E-state index in [0.717, 1.165) is 5.56 Å². The van der Waals surface area contributed by atoms with Crippen LogP contribution in [0.4, 0.5) is 0 Å². The SMILES string of the molecule is CCOC(=O)c1[nH]c(C)c(C(=O)OCC(=O)NCCc2ccc(OCC)c(OCC)c2)c1C. The zero-order valence-corrected chi connectivity index (χ0v) is 19.8. The number of ether oxygens (including phenoxy) is 4. The normalized spacial score (nSPS) is 10.5. The number of nitrogens with one attached hydrogen (secondary N) is 2. The third-order valence-electron chi connectivity index (χ3n) is 4.80. The number of amides is 1. The van der Waals surface area contributed by atoms with Gasteiger partial charge in [0.2, 0.25) is 0 Å². The monoisotopic (exact) mass is 460 g/mol. The molecule has 1 aromatic carbocycles. The second-order valence-electron chi connectivity index (χ2n) is 7.17. The van der Waals surface area contributed by atoms with E-state index >= 15 is 0 Å². The third kappa shape index (κ3) is 7.00. The molecule has 0 radical (unpaired) electrons. The molecule has 0 saturated carbocycles. The van der Waals surface area contributed by atoms with E-state index < -0.39 is 24.5 Å². The average molecular weight is 461 g/mol. The first-order valence-electron chi connectivity index (χ1n) is 11.0. The van der Waals surface area contributed by atoms with Gasteiger partial charge in [-0.2, -0.15) is 0 Å². The van der Waals surface area contributed by atoms with E-state index in [2.05, 4.69) is 10.3 Å². The van der Waals surface area contributed by atoms with Crippen LogP contribution in [0.25, 0.3) is 0 Å². The lowest BCUT2D eigenvalue weighted by Gasteiger charge is -2.12. The van der Waals surface area contributed by atoms with Gasteiger partial charge < -0.3 is 29.2 Å².